The van der Waals surface area contributed by atoms with Crippen molar-refractivity contribution < 1.29 is 4.74 Å². The Morgan fingerprint density at radius 1 is 1.18 bits per heavy atom. The number of allylic oxidation sites excluding steroid dienone is 1. The van der Waals surface area contributed by atoms with E-state index in [9.17, 15) is 0 Å². The molecule has 0 N–H and O–H groups in total. The average molecular weight is 292 g/mol. The number of aromatic nitrogens is 2. The minimum atomic E-state index is 0.450. The van der Waals surface area contributed by atoms with Gasteiger partial charge in [0.1, 0.15) is 18.2 Å². The summed E-state index contributed by atoms with van der Waals surface area (Å²) in [5, 5.41) is 0. The lowest BCUT2D eigenvalue weighted by atomic mass is 10.2. The van der Waals surface area contributed by atoms with Crippen molar-refractivity contribution in [3.8, 4) is 5.75 Å². The molecular weight excluding hydrogens is 272 g/mol. The monoisotopic (exact) mass is 292 g/mol. The van der Waals surface area contributed by atoms with E-state index in [0.29, 0.717) is 6.61 Å². The molecule has 0 spiro atoms. The number of aryl methyl sites for hydroxylation is 1. The van der Waals surface area contributed by atoms with Gasteiger partial charge in [-0.2, -0.15) is 0 Å². The van der Waals surface area contributed by atoms with Crippen LogP contribution in [-0.4, -0.2) is 9.55 Å². The molecule has 0 radical (unpaired) electrons. The van der Waals surface area contributed by atoms with E-state index in [1.807, 2.05) is 43.3 Å². The van der Waals surface area contributed by atoms with Crippen LogP contribution in [0.3, 0.4) is 0 Å². The Balaban J connectivity index is 1.90. The van der Waals surface area contributed by atoms with E-state index in [1.165, 1.54) is 5.56 Å². The molecule has 3 nitrogen and oxygen atoms in total. The Labute approximate surface area is 130 Å². The molecule has 0 saturated heterocycles. The average Bonchev–Trinajstić information content (AvgIpc) is 2.83. The van der Waals surface area contributed by atoms with E-state index < -0.39 is 0 Å². The Bertz CT molecular complexity index is 817. The van der Waals surface area contributed by atoms with Gasteiger partial charge >= 0.3 is 0 Å². The molecule has 2 aromatic carbocycles. The molecule has 22 heavy (non-hydrogen) atoms. The number of fused-ring (bicyclic) bond motifs is 1. The maximum Gasteiger partial charge on any atom is 0.148 e. The quantitative estimate of drug-likeness (QED) is 0.647. The van der Waals surface area contributed by atoms with Crippen molar-refractivity contribution >= 4 is 11.0 Å². The first-order valence-corrected chi connectivity index (χ1v) is 7.41. The summed E-state index contributed by atoms with van der Waals surface area (Å²) in [5.41, 5.74) is 4.40. The van der Waals surface area contributed by atoms with Crippen LogP contribution in [0.15, 0.2) is 60.7 Å². The maximum atomic E-state index is 5.91. The van der Waals surface area contributed by atoms with Crippen LogP contribution in [0.2, 0.25) is 0 Å². The summed E-state index contributed by atoms with van der Waals surface area (Å²) in [6, 6.07) is 16.2. The first-order valence-electron chi connectivity index (χ1n) is 7.41. The second kappa shape index (κ2) is 6.06. The molecule has 0 fully saturated rings. The smallest absolute Gasteiger partial charge is 0.148 e. The van der Waals surface area contributed by atoms with Crippen LogP contribution in [0.4, 0.5) is 0 Å². The summed E-state index contributed by atoms with van der Waals surface area (Å²) in [4.78, 5) is 4.70. The normalized spacial score (nSPS) is 10.8. The van der Waals surface area contributed by atoms with Crippen molar-refractivity contribution in [2.24, 2.45) is 0 Å². The van der Waals surface area contributed by atoms with E-state index in [-0.39, 0.29) is 0 Å². The highest BCUT2D eigenvalue weighted by Crippen LogP contribution is 2.20. The third-order valence-corrected chi connectivity index (χ3v) is 3.52. The van der Waals surface area contributed by atoms with Crippen LogP contribution < -0.4 is 4.74 Å². The van der Waals surface area contributed by atoms with Crippen LogP contribution >= 0.6 is 0 Å². The van der Waals surface area contributed by atoms with Crippen molar-refractivity contribution in [2.45, 2.75) is 27.0 Å². The highest BCUT2D eigenvalue weighted by Gasteiger charge is 2.11. The molecule has 0 bridgehead atoms. The fourth-order valence-electron chi connectivity index (χ4n) is 2.53. The summed E-state index contributed by atoms with van der Waals surface area (Å²) >= 11 is 0. The summed E-state index contributed by atoms with van der Waals surface area (Å²) in [6.07, 6.45) is 0. The molecule has 1 aromatic heterocycles. The van der Waals surface area contributed by atoms with Crippen molar-refractivity contribution in [1.29, 1.82) is 0 Å². The van der Waals surface area contributed by atoms with Crippen molar-refractivity contribution in [1.82, 2.24) is 9.55 Å². The zero-order chi connectivity index (χ0) is 15.5. The van der Waals surface area contributed by atoms with Gasteiger partial charge in [-0.05, 0) is 43.7 Å². The predicted molar refractivity (Wildman–Crippen MR) is 90.1 cm³/mol. The second-order valence-corrected chi connectivity index (χ2v) is 5.67. The zero-order valence-electron chi connectivity index (χ0n) is 13.0. The molecule has 112 valence electrons. The number of rotatable bonds is 5. The molecule has 3 aromatic rings. The molecule has 0 atom stereocenters. The summed E-state index contributed by atoms with van der Waals surface area (Å²) in [5.74, 6) is 1.79. The molecule has 0 amide bonds. The van der Waals surface area contributed by atoms with E-state index >= 15 is 0 Å². The molecule has 0 aliphatic rings. The van der Waals surface area contributed by atoms with Gasteiger partial charge in [0.15, 0.2) is 0 Å². The molecule has 3 heteroatoms. The number of para-hydroxylation sites is 2. The van der Waals surface area contributed by atoms with Gasteiger partial charge in [0.05, 0.1) is 11.0 Å². The molecule has 3 rings (SSSR count). The minimum absolute atomic E-state index is 0.450. The third-order valence-electron chi connectivity index (χ3n) is 3.52. The van der Waals surface area contributed by atoms with Gasteiger partial charge in [0, 0.05) is 6.54 Å². The summed E-state index contributed by atoms with van der Waals surface area (Å²) in [7, 11) is 0. The van der Waals surface area contributed by atoms with Crippen LogP contribution in [0.1, 0.15) is 18.3 Å². The Morgan fingerprint density at radius 3 is 2.77 bits per heavy atom. The summed E-state index contributed by atoms with van der Waals surface area (Å²) < 4.78 is 8.09. The SMILES string of the molecule is C=C(C)Cn1c(COc2cccc(C)c2)nc2ccccc21. The Kier molecular flexibility index (Phi) is 3.96. The first kappa shape index (κ1) is 14.4. The number of hydrogen-bond acceptors (Lipinski definition) is 2. The van der Waals surface area contributed by atoms with E-state index in [1.54, 1.807) is 0 Å². The minimum Gasteiger partial charge on any atom is -0.486 e. The molecule has 0 aliphatic carbocycles. The molecule has 1 heterocycles. The second-order valence-electron chi connectivity index (χ2n) is 5.67. The van der Waals surface area contributed by atoms with Crippen molar-refractivity contribution in [2.75, 3.05) is 0 Å². The lowest BCUT2D eigenvalue weighted by Crippen LogP contribution is -2.08. The number of hydrogen-bond donors (Lipinski definition) is 0. The topological polar surface area (TPSA) is 27.1 Å². The third kappa shape index (κ3) is 3.03. The number of nitrogens with zero attached hydrogens (tertiary/aromatic N) is 2. The van der Waals surface area contributed by atoms with Gasteiger partial charge in [-0.3, -0.25) is 0 Å². The number of ether oxygens (including phenoxy) is 1. The molecular formula is C19H20N2O. The largest absolute Gasteiger partial charge is 0.486 e. The van der Waals surface area contributed by atoms with Gasteiger partial charge in [0.25, 0.3) is 0 Å². The standard InChI is InChI=1S/C19H20N2O/c1-14(2)12-21-18-10-5-4-9-17(18)20-19(21)13-22-16-8-6-7-15(3)11-16/h4-11H,1,12-13H2,2-3H3. The fourth-order valence-corrected chi connectivity index (χ4v) is 2.53. The molecule has 0 aliphatic heterocycles. The van der Waals surface area contributed by atoms with Gasteiger partial charge < -0.3 is 9.30 Å². The van der Waals surface area contributed by atoms with Crippen molar-refractivity contribution in [3.05, 3.63) is 72.1 Å². The van der Waals surface area contributed by atoms with E-state index in [2.05, 4.69) is 30.2 Å². The highest BCUT2D eigenvalue weighted by molar-refractivity contribution is 5.76. The predicted octanol–water partition coefficient (Wildman–Crippen LogP) is 4.50. The number of imidazole rings is 1. The van der Waals surface area contributed by atoms with Gasteiger partial charge in [-0.15, -0.1) is 0 Å². The number of benzene rings is 2. The van der Waals surface area contributed by atoms with E-state index in [0.717, 1.165) is 34.7 Å². The van der Waals surface area contributed by atoms with Crippen LogP contribution in [0, 0.1) is 6.92 Å². The Hall–Kier alpha value is -2.55. The zero-order valence-corrected chi connectivity index (χ0v) is 13.0. The van der Waals surface area contributed by atoms with Crippen molar-refractivity contribution in [3.63, 3.8) is 0 Å². The van der Waals surface area contributed by atoms with Crippen LogP contribution in [0.25, 0.3) is 11.0 Å². The van der Waals surface area contributed by atoms with E-state index in [4.69, 9.17) is 9.72 Å². The molecule has 0 unspecified atom stereocenters. The first-order chi connectivity index (χ1) is 10.6. The lowest BCUT2D eigenvalue weighted by molar-refractivity contribution is 0.291. The Morgan fingerprint density at radius 2 is 2.00 bits per heavy atom. The lowest BCUT2D eigenvalue weighted by Gasteiger charge is -2.10. The fraction of sp³-hybridized carbons (Fsp3) is 0.211. The van der Waals surface area contributed by atoms with Gasteiger partial charge in [-0.25, -0.2) is 4.98 Å². The highest BCUT2D eigenvalue weighted by atomic mass is 16.5. The van der Waals surface area contributed by atoms with Gasteiger partial charge in [-0.1, -0.05) is 36.4 Å². The maximum absolute atomic E-state index is 5.91. The van der Waals surface area contributed by atoms with Crippen LogP contribution in [0.5, 0.6) is 5.75 Å². The van der Waals surface area contributed by atoms with Gasteiger partial charge in [0.2, 0.25) is 0 Å². The summed E-state index contributed by atoms with van der Waals surface area (Å²) in [6.45, 7) is 9.31. The van der Waals surface area contributed by atoms with Crippen LogP contribution in [-0.2, 0) is 13.2 Å². The molecule has 0 saturated carbocycles.